The van der Waals surface area contributed by atoms with Crippen LogP contribution >= 0.6 is 0 Å². The van der Waals surface area contributed by atoms with Crippen molar-refractivity contribution in [3.8, 4) is 0 Å². The van der Waals surface area contributed by atoms with Crippen molar-refractivity contribution in [2.75, 3.05) is 45.9 Å². The molecule has 4 heteroatoms. The number of aliphatic hydroxyl groups excluding tert-OH is 1. The van der Waals surface area contributed by atoms with Crippen LogP contribution < -0.4 is 0 Å². The first kappa shape index (κ1) is 22.1. The first-order valence-electron chi connectivity index (χ1n) is 12.6. The molecule has 0 spiro atoms. The molecular weight excluding hydrogens is 396 g/mol. The molecule has 3 aliphatic rings. The summed E-state index contributed by atoms with van der Waals surface area (Å²) >= 11 is 0. The summed E-state index contributed by atoms with van der Waals surface area (Å²) in [6.07, 6.45) is 5.23. The number of aliphatic hydroxyl groups is 1. The fourth-order valence-corrected chi connectivity index (χ4v) is 6.38. The summed E-state index contributed by atoms with van der Waals surface area (Å²) in [5, 5.41) is 10.6. The molecule has 2 saturated carbocycles. The summed E-state index contributed by atoms with van der Waals surface area (Å²) in [4.78, 5) is 4.98. The molecule has 2 aromatic carbocycles. The lowest BCUT2D eigenvalue weighted by Crippen LogP contribution is -2.50. The van der Waals surface area contributed by atoms with E-state index in [2.05, 4.69) is 70.5 Å². The van der Waals surface area contributed by atoms with Crippen molar-refractivity contribution in [2.24, 2.45) is 17.8 Å². The van der Waals surface area contributed by atoms with Crippen molar-refractivity contribution >= 4 is 0 Å². The molecule has 2 aromatic rings. The third-order valence-corrected chi connectivity index (χ3v) is 8.00. The predicted molar refractivity (Wildman–Crippen MR) is 129 cm³/mol. The maximum absolute atomic E-state index is 10.6. The predicted octanol–water partition coefficient (Wildman–Crippen LogP) is 4.21. The minimum Gasteiger partial charge on any atom is -0.389 e. The zero-order valence-corrected chi connectivity index (χ0v) is 19.2. The molecule has 172 valence electrons. The normalized spacial score (nSPS) is 27.2. The van der Waals surface area contributed by atoms with Crippen LogP contribution in [0.5, 0.6) is 0 Å². The van der Waals surface area contributed by atoms with Gasteiger partial charge in [0.25, 0.3) is 0 Å². The minimum atomic E-state index is -0.390. The molecule has 4 atom stereocenters. The van der Waals surface area contributed by atoms with Gasteiger partial charge in [0.2, 0.25) is 0 Å². The van der Waals surface area contributed by atoms with Crippen LogP contribution in [0, 0.1) is 17.8 Å². The second-order valence-electron chi connectivity index (χ2n) is 10.2. The van der Waals surface area contributed by atoms with E-state index in [0.29, 0.717) is 13.2 Å². The zero-order valence-electron chi connectivity index (χ0n) is 19.2. The third-order valence-electron chi connectivity index (χ3n) is 8.00. The Morgan fingerprint density at radius 3 is 2.06 bits per heavy atom. The van der Waals surface area contributed by atoms with Gasteiger partial charge in [-0.2, -0.15) is 0 Å². The molecule has 0 aromatic heterocycles. The van der Waals surface area contributed by atoms with Crippen LogP contribution in [0.2, 0.25) is 0 Å². The Hall–Kier alpha value is -1.72. The Labute approximate surface area is 193 Å². The smallest absolute Gasteiger partial charge is 0.0900 e. The van der Waals surface area contributed by atoms with E-state index in [9.17, 15) is 5.11 Å². The number of rotatable bonds is 9. The molecule has 0 radical (unpaired) electrons. The highest BCUT2D eigenvalue weighted by Crippen LogP contribution is 2.48. The lowest BCUT2D eigenvalue weighted by molar-refractivity contribution is -0.0101. The number of hydrogen-bond donors (Lipinski definition) is 1. The van der Waals surface area contributed by atoms with E-state index in [4.69, 9.17) is 4.74 Å². The minimum absolute atomic E-state index is 0.287. The fraction of sp³-hybridized carbons (Fsp3) is 0.571. The van der Waals surface area contributed by atoms with Crippen molar-refractivity contribution < 1.29 is 9.84 Å². The number of fused-ring (bicyclic) bond motifs is 2. The summed E-state index contributed by atoms with van der Waals surface area (Å²) in [5.74, 6) is 2.61. The average molecular weight is 435 g/mol. The number of piperazine rings is 1. The van der Waals surface area contributed by atoms with Crippen LogP contribution in [0.25, 0.3) is 0 Å². The van der Waals surface area contributed by atoms with Gasteiger partial charge in [0.05, 0.1) is 18.8 Å². The zero-order chi connectivity index (χ0) is 21.8. The first-order valence-corrected chi connectivity index (χ1v) is 12.6. The summed E-state index contributed by atoms with van der Waals surface area (Å²) in [7, 11) is 0. The second kappa shape index (κ2) is 10.5. The number of β-amino-alcohol motifs (C(OH)–C–C–N with tert-alkyl or cyclic N) is 1. The van der Waals surface area contributed by atoms with Gasteiger partial charge in [-0.15, -0.1) is 0 Å². The summed E-state index contributed by atoms with van der Waals surface area (Å²) in [6.45, 7) is 6.03. The van der Waals surface area contributed by atoms with Crippen LogP contribution in [0.15, 0.2) is 60.7 Å². The van der Waals surface area contributed by atoms with Gasteiger partial charge in [-0.3, -0.25) is 9.80 Å². The molecule has 1 aliphatic heterocycles. The van der Waals surface area contributed by atoms with E-state index in [1.165, 1.54) is 36.8 Å². The van der Waals surface area contributed by atoms with E-state index in [-0.39, 0.29) is 12.1 Å². The Balaban J connectivity index is 1.10. The highest BCUT2D eigenvalue weighted by atomic mass is 16.5. The first-order chi connectivity index (χ1) is 15.8. The van der Waals surface area contributed by atoms with Crippen LogP contribution in [-0.2, 0) is 4.74 Å². The van der Waals surface area contributed by atoms with E-state index >= 15 is 0 Å². The molecule has 32 heavy (non-hydrogen) atoms. The van der Waals surface area contributed by atoms with Gasteiger partial charge in [-0.25, -0.2) is 0 Å². The molecule has 1 saturated heterocycles. The highest BCUT2D eigenvalue weighted by Gasteiger charge is 2.39. The number of nitrogens with zero attached hydrogens (tertiary/aromatic N) is 2. The molecular formula is C28H38N2O2. The van der Waals surface area contributed by atoms with Crippen molar-refractivity contribution in [1.29, 1.82) is 0 Å². The lowest BCUT2D eigenvalue weighted by Gasteiger charge is -2.40. The SMILES string of the molecule is O[C@@H](COC[C@@H]1C[C@H]2CC[C@H]1C2)CN1CCN(C(c2ccccc2)c2ccccc2)CC1. The quantitative estimate of drug-likeness (QED) is 0.641. The van der Waals surface area contributed by atoms with Gasteiger partial charge in [-0.05, 0) is 48.1 Å². The monoisotopic (exact) mass is 434 g/mol. The topological polar surface area (TPSA) is 35.9 Å². The molecule has 2 bridgehead atoms. The van der Waals surface area contributed by atoms with E-state index in [1.807, 2.05) is 0 Å². The Morgan fingerprint density at radius 1 is 0.844 bits per heavy atom. The molecule has 0 amide bonds. The largest absolute Gasteiger partial charge is 0.389 e. The molecule has 5 rings (SSSR count). The molecule has 2 aliphatic carbocycles. The molecule has 1 N–H and O–H groups in total. The maximum Gasteiger partial charge on any atom is 0.0900 e. The third kappa shape index (κ3) is 5.26. The van der Waals surface area contributed by atoms with E-state index in [0.717, 1.165) is 50.5 Å². The van der Waals surface area contributed by atoms with Crippen LogP contribution in [0.3, 0.4) is 0 Å². The standard InChI is InChI=1S/C28H38N2O2/c31-27(21-32-20-26-18-22-11-12-25(26)17-22)19-29-13-15-30(16-14-29)28(23-7-3-1-4-8-23)24-9-5-2-6-10-24/h1-10,22,25-28,31H,11-21H2/t22-,25-,26-,27+/m0/s1. The van der Waals surface area contributed by atoms with Crippen LogP contribution in [-0.4, -0.2) is 66.9 Å². The van der Waals surface area contributed by atoms with Gasteiger partial charge in [0.1, 0.15) is 0 Å². The van der Waals surface area contributed by atoms with Gasteiger partial charge in [0, 0.05) is 39.3 Å². The number of ether oxygens (including phenoxy) is 1. The average Bonchev–Trinajstić information content (AvgIpc) is 3.45. The van der Waals surface area contributed by atoms with Crippen molar-refractivity contribution in [3.05, 3.63) is 71.8 Å². The fourth-order valence-electron chi connectivity index (χ4n) is 6.38. The molecule has 4 nitrogen and oxygen atoms in total. The van der Waals surface area contributed by atoms with Crippen molar-refractivity contribution in [2.45, 2.75) is 37.8 Å². The molecule has 0 unspecified atom stereocenters. The molecule has 1 heterocycles. The van der Waals surface area contributed by atoms with Gasteiger partial charge in [0.15, 0.2) is 0 Å². The highest BCUT2D eigenvalue weighted by molar-refractivity contribution is 5.31. The van der Waals surface area contributed by atoms with Gasteiger partial charge < -0.3 is 9.84 Å². The van der Waals surface area contributed by atoms with E-state index in [1.54, 1.807) is 0 Å². The second-order valence-corrected chi connectivity index (χ2v) is 10.2. The summed E-state index contributed by atoms with van der Waals surface area (Å²) < 4.78 is 5.96. The summed E-state index contributed by atoms with van der Waals surface area (Å²) in [5.41, 5.74) is 2.70. The van der Waals surface area contributed by atoms with E-state index < -0.39 is 0 Å². The van der Waals surface area contributed by atoms with Crippen LogP contribution in [0.1, 0.15) is 42.9 Å². The Morgan fingerprint density at radius 2 is 1.50 bits per heavy atom. The Kier molecular flexibility index (Phi) is 7.23. The van der Waals surface area contributed by atoms with Gasteiger partial charge >= 0.3 is 0 Å². The van der Waals surface area contributed by atoms with Crippen molar-refractivity contribution in [1.82, 2.24) is 9.80 Å². The lowest BCUT2D eigenvalue weighted by atomic mass is 9.90. The summed E-state index contributed by atoms with van der Waals surface area (Å²) in [6, 6.07) is 21.9. The Bertz CT molecular complexity index is 782. The molecule has 3 fully saturated rings. The van der Waals surface area contributed by atoms with Crippen molar-refractivity contribution in [3.63, 3.8) is 0 Å². The van der Waals surface area contributed by atoms with Crippen LogP contribution in [0.4, 0.5) is 0 Å². The van der Waals surface area contributed by atoms with Gasteiger partial charge in [-0.1, -0.05) is 67.1 Å². The number of benzene rings is 2. The maximum atomic E-state index is 10.6. The number of hydrogen-bond acceptors (Lipinski definition) is 4.